The van der Waals surface area contributed by atoms with Crippen LogP contribution in [-0.4, -0.2) is 25.9 Å². The molecule has 6 nitrogen and oxygen atoms in total. The van der Waals surface area contributed by atoms with Crippen molar-refractivity contribution in [1.29, 1.82) is 0 Å². The molecule has 78 valence electrons. The number of nitrogens with one attached hydrogen (secondary N) is 1. The zero-order valence-electron chi connectivity index (χ0n) is 8.44. The van der Waals surface area contributed by atoms with Gasteiger partial charge < -0.3 is 9.72 Å². The molecule has 0 saturated heterocycles. The van der Waals surface area contributed by atoms with Gasteiger partial charge in [0.25, 0.3) is 0 Å². The standard InChI is InChI=1S/C9H10N4O2/c1-5-7(3-15-6(2)14)13-9-8(12-5)10-4-11-9/h4H,3H2,1-2H3,(H,10,11,12,13). The molecule has 1 N–H and O–H groups in total. The molecule has 0 unspecified atom stereocenters. The second kappa shape index (κ2) is 3.64. The highest BCUT2D eigenvalue weighted by Gasteiger charge is 2.07. The maximum atomic E-state index is 10.6. The number of aryl methyl sites for hydroxylation is 1. The Bertz CT molecular complexity index is 506. The number of esters is 1. The van der Waals surface area contributed by atoms with E-state index in [0.717, 1.165) is 5.69 Å². The molecule has 0 saturated carbocycles. The van der Waals surface area contributed by atoms with Gasteiger partial charge in [-0.15, -0.1) is 0 Å². The molecule has 6 heteroatoms. The predicted octanol–water partition coefficient (Wildman–Crippen LogP) is 0.724. The lowest BCUT2D eigenvalue weighted by Gasteiger charge is -2.03. The quantitative estimate of drug-likeness (QED) is 0.732. The van der Waals surface area contributed by atoms with E-state index in [1.165, 1.54) is 13.3 Å². The van der Waals surface area contributed by atoms with E-state index >= 15 is 0 Å². The van der Waals surface area contributed by atoms with Crippen molar-refractivity contribution in [2.45, 2.75) is 20.5 Å². The second-order valence-corrected chi connectivity index (χ2v) is 3.11. The van der Waals surface area contributed by atoms with Crippen molar-refractivity contribution in [3.05, 3.63) is 17.7 Å². The average Bonchev–Trinajstić information content (AvgIpc) is 2.60. The zero-order chi connectivity index (χ0) is 10.8. The number of hydrogen-bond acceptors (Lipinski definition) is 5. The van der Waals surface area contributed by atoms with Gasteiger partial charge >= 0.3 is 5.97 Å². The lowest BCUT2D eigenvalue weighted by molar-refractivity contribution is -0.142. The van der Waals surface area contributed by atoms with Crippen molar-refractivity contribution in [3.63, 3.8) is 0 Å². The molecule has 0 radical (unpaired) electrons. The monoisotopic (exact) mass is 206 g/mol. The van der Waals surface area contributed by atoms with Gasteiger partial charge in [-0.3, -0.25) is 4.79 Å². The van der Waals surface area contributed by atoms with Gasteiger partial charge in [0.1, 0.15) is 12.3 Å². The van der Waals surface area contributed by atoms with Gasteiger partial charge in [0, 0.05) is 6.92 Å². The van der Waals surface area contributed by atoms with Gasteiger partial charge in [0.2, 0.25) is 0 Å². The third kappa shape index (κ3) is 1.93. The molecule has 0 bridgehead atoms. The van der Waals surface area contributed by atoms with Gasteiger partial charge in [0.15, 0.2) is 11.3 Å². The van der Waals surface area contributed by atoms with Crippen LogP contribution >= 0.6 is 0 Å². The molecule has 0 aliphatic heterocycles. The molecular weight excluding hydrogens is 196 g/mol. The van der Waals surface area contributed by atoms with Crippen molar-refractivity contribution in [2.75, 3.05) is 0 Å². The van der Waals surface area contributed by atoms with Crippen LogP contribution in [0.1, 0.15) is 18.3 Å². The van der Waals surface area contributed by atoms with E-state index in [4.69, 9.17) is 4.74 Å². The minimum absolute atomic E-state index is 0.136. The van der Waals surface area contributed by atoms with Crippen molar-refractivity contribution < 1.29 is 9.53 Å². The summed E-state index contributed by atoms with van der Waals surface area (Å²) < 4.78 is 4.85. The zero-order valence-corrected chi connectivity index (χ0v) is 8.44. The fourth-order valence-electron chi connectivity index (χ4n) is 1.19. The topological polar surface area (TPSA) is 80.8 Å². The van der Waals surface area contributed by atoms with Crippen molar-refractivity contribution in [2.24, 2.45) is 0 Å². The van der Waals surface area contributed by atoms with Gasteiger partial charge in [-0.1, -0.05) is 0 Å². The Kier molecular flexibility index (Phi) is 2.32. The van der Waals surface area contributed by atoms with E-state index in [9.17, 15) is 4.79 Å². The summed E-state index contributed by atoms with van der Waals surface area (Å²) in [5, 5.41) is 0. The number of hydrogen-bond donors (Lipinski definition) is 1. The molecule has 15 heavy (non-hydrogen) atoms. The molecule has 2 heterocycles. The Morgan fingerprint density at radius 3 is 3.07 bits per heavy atom. The third-order valence-corrected chi connectivity index (χ3v) is 1.95. The maximum absolute atomic E-state index is 10.6. The van der Waals surface area contributed by atoms with Crippen LogP contribution in [-0.2, 0) is 16.1 Å². The first-order valence-electron chi connectivity index (χ1n) is 4.47. The molecule has 0 spiro atoms. The number of aromatic nitrogens is 4. The molecule has 0 aliphatic rings. The predicted molar refractivity (Wildman–Crippen MR) is 51.9 cm³/mol. The second-order valence-electron chi connectivity index (χ2n) is 3.11. The minimum atomic E-state index is -0.335. The van der Waals surface area contributed by atoms with Crippen LogP contribution in [0.5, 0.6) is 0 Å². The Morgan fingerprint density at radius 2 is 2.33 bits per heavy atom. The smallest absolute Gasteiger partial charge is 0.303 e. The first-order chi connectivity index (χ1) is 7.16. The highest BCUT2D eigenvalue weighted by molar-refractivity contribution is 5.66. The number of rotatable bonds is 2. The Labute approximate surface area is 85.7 Å². The fraction of sp³-hybridized carbons (Fsp3) is 0.333. The number of imidazole rings is 1. The maximum Gasteiger partial charge on any atom is 0.303 e. The molecule has 2 aromatic rings. The summed E-state index contributed by atoms with van der Waals surface area (Å²) in [6.07, 6.45) is 1.53. The molecule has 2 rings (SSSR count). The Balaban J connectivity index is 2.33. The Morgan fingerprint density at radius 1 is 1.53 bits per heavy atom. The average molecular weight is 206 g/mol. The first kappa shape index (κ1) is 9.57. The van der Waals surface area contributed by atoms with Gasteiger partial charge in [-0.25, -0.2) is 15.0 Å². The molecule has 2 aromatic heterocycles. The minimum Gasteiger partial charge on any atom is -0.459 e. The van der Waals surface area contributed by atoms with Crippen molar-refractivity contribution >= 4 is 17.3 Å². The molecule has 0 atom stereocenters. The van der Waals surface area contributed by atoms with E-state index in [-0.39, 0.29) is 12.6 Å². The highest BCUT2D eigenvalue weighted by Crippen LogP contribution is 2.09. The highest BCUT2D eigenvalue weighted by atomic mass is 16.5. The van der Waals surface area contributed by atoms with E-state index in [1.807, 2.05) is 6.92 Å². The lowest BCUT2D eigenvalue weighted by atomic mass is 10.3. The summed E-state index contributed by atoms with van der Waals surface area (Å²) >= 11 is 0. The molecule has 0 amide bonds. The molecule has 0 fully saturated rings. The van der Waals surface area contributed by atoms with Crippen LogP contribution in [0, 0.1) is 6.92 Å². The number of nitrogens with zero attached hydrogens (tertiary/aromatic N) is 3. The normalized spacial score (nSPS) is 10.5. The molecular formula is C9H10N4O2. The van der Waals surface area contributed by atoms with Crippen LogP contribution in [0.2, 0.25) is 0 Å². The Hall–Kier alpha value is -1.98. The lowest BCUT2D eigenvalue weighted by Crippen LogP contribution is -2.04. The van der Waals surface area contributed by atoms with Crippen LogP contribution in [0.4, 0.5) is 0 Å². The summed E-state index contributed by atoms with van der Waals surface area (Å²) in [4.78, 5) is 26.0. The largest absolute Gasteiger partial charge is 0.459 e. The van der Waals surface area contributed by atoms with E-state index in [2.05, 4.69) is 19.9 Å². The van der Waals surface area contributed by atoms with Crippen LogP contribution in [0.25, 0.3) is 11.3 Å². The van der Waals surface area contributed by atoms with Crippen molar-refractivity contribution in [1.82, 2.24) is 19.9 Å². The van der Waals surface area contributed by atoms with E-state index in [0.29, 0.717) is 17.0 Å². The summed E-state index contributed by atoms with van der Waals surface area (Å²) in [7, 11) is 0. The number of aromatic amines is 1. The van der Waals surface area contributed by atoms with Crippen LogP contribution < -0.4 is 0 Å². The van der Waals surface area contributed by atoms with Crippen molar-refractivity contribution in [3.8, 4) is 0 Å². The number of carbonyl (C=O) groups excluding carboxylic acids is 1. The fourth-order valence-corrected chi connectivity index (χ4v) is 1.19. The van der Waals surface area contributed by atoms with Gasteiger partial charge in [0.05, 0.1) is 12.0 Å². The summed E-state index contributed by atoms with van der Waals surface area (Å²) in [5.74, 6) is -0.335. The van der Waals surface area contributed by atoms with E-state index in [1.54, 1.807) is 0 Å². The first-order valence-corrected chi connectivity index (χ1v) is 4.47. The third-order valence-electron chi connectivity index (χ3n) is 1.95. The summed E-state index contributed by atoms with van der Waals surface area (Å²) in [6.45, 7) is 3.30. The number of carbonyl (C=O) groups is 1. The van der Waals surface area contributed by atoms with Crippen LogP contribution in [0.3, 0.4) is 0 Å². The molecule has 0 aliphatic carbocycles. The summed E-state index contributed by atoms with van der Waals surface area (Å²) in [6, 6.07) is 0. The van der Waals surface area contributed by atoms with Gasteiger partial charge in [-0.05, 0) is 6.92 Å². The van der Waals surface area contributed by atoms with Gasteiger partial charge in [-0.2, -0.15) is 0 Å². The van der Waals surface area contributed by atoms with E-state index < -0.39 is 0 Å². The summed E-state index contributed by atoms with van der Waals surface area (Å²) in [5.41, 5.74) is 2.53. The SMILES string of the molecule is CC(=O)OCc1nc2nc[nH]c2nc1C. The number of H-pyrrole nitrogens is 1. The molecule has 0 aromatic carbocycles. The van der Waals surface area contributed by atoms with Crippen LogP contribution in [0.15, 0.2) is 6.33 Å². The number of fused-ring (bicyclic) bond motifs is 1. The number of ether oxygens (including phenoxy) is 1.